The van der Waals surface area contributed by atoms with E-state index in [1.165, 1.54) is 0 Å². The summed E-state index contributed by atoms with van der Waals surface area (Å²) < 4.78 is 11.0. The summed E-state index contributed by atoms with van der Waals surface area (Å²) >= 11 is 2.40. The largest absolute Gasteiger partial charge is 0.491 e. The van der Waals surface area contributed by atoms with Crippen LogP contribution in [0.4, 0.5) is 0 Å². The average molecular weight is 371 g/mol. The summed E-state index contributed by atoms with van der Waals surface area (Å²) in [6, 6.07) is 8.07. The minimum absolute atomic E-state index is 0.470. The van der Waals surface area contributed by atoms with Gasteiger partial charge in [-0.1, -0.05) is 35.2 Å². The van der Waals surface area contributed by atoms with Crippen molar-refractivity contribution < 1.29 is 9.47 Å². The molecule has 2 rings (SSSR count). The fourth-order valence-corrected chi connectivity index (χ4v) is 2.24. The Bertz CT molecular complexity index is 468. The van der Waals surface area contributed by atoms with Crippen molar-refractivity contribution in [2.75, 3.05) is 20.3 Å². The highest BCUT2D eigenvalue weighted by Gasteiger charge is 2.15. The van der Waals surface area contributed by atoms with Gasteiger partial charge in [-0.05, 0) is 36.2 Å². The van der Waals surface area contributed by atoms with Crippen molar-refractivity contribution >= 4 is 28.3 Å². The Labute approximate surface area is 127 Å². The Morgan fingerprint density at radius 3 is 2.68 bits per heavy atom. The molecule has 0 radical (unpaired) electrons. The zero-order valence-corrected chi connectivity index (χ0v) is 13.1. The lowest BCUT2D eigenvalue weighted by molar-refractivity contribution is 0.146. The van der Waals surface area contributed by atoms with Crippen molar-refractivity contribution in [1.82, 2.24) is 5.32 Å². The number of ether oxygens (including phenoxy) is 2. The molecule has 4 heteroatoms. The van der Waals surface area contributed by atoms with Gasteiger partial charge in [-0.25, -0.2) is 0 Å². The predicted molar refractivity (Wildman–Crippen MR) is 86.5 cm³/mol. The summed E-state index contributed by atoms with van der Waals surface area (Å²) in [7, 11) is 1.67. The number of hydrogen-bond acceptors (Lipinski definition) is 3. The summed E-state index contributed by atoms with van der Waals surface area (Å²) in [4.78, 5) is 0. The second-order valence-corrected chi connectivity index (χ2v) is 5.84. The van der Waals surface area contributed by atoms with Crippen LogP contribution in [0.1, 0.15) is 12.0 Å². The van der Waals surface area contributed by atoms with Crippen molar-refractivity contribution in [2.45, 2.75) is 10.3 Å². The highest BCUT2D eigenvalue weighted by atomic mass is 127. The van der Waals surface area contributed by atoms with Crippen molar-refractivity contribution in [1.29, 1.82) is 0 Å². The number of alkyl halides is 1. The Hall–Kier alpha value is -1.01. The van der Waals surface area contributed by atoms with Gasteiger partial charge >= 0.3 is 0 Å². The fourth-order valence-electron chi connectivity index (χ4n) is 1.83. The van der Waals surface area contributed by atoms with Gasteiger partial charge in [0.1, 0.15) is 12.4 Å². The molecule has 1 unspecified atom stereocenters. The molecule has 1 aliphatic heterocycles. The highest BCUT2D eigenvalue weighted by molar-refractivity contribution is 14.1. The van der Waals surface area contributed by atoms with E-state index in [1.54, 1.807) is 7.11 Å². The minimum Gasteiger partial charge on any atom is -0.491 e. The molecule has 1 aromatic rings. The molecule has 3 nitrogen and oxygen atoms in total. The van der Waals surface area contributed by atoms with Crippen LogP contribution in [0.2, 0.25) is 0 Å². The van der Waals surface area contributed by atoms with Gasteiger partial charge in [-0.3, -0.25) is 0 Å². The Morgan fingerprint density at radius 1 is 1.32 bits per heavy atom. The van der Waals surface area contributed by atoms with Gasteiger partial charge in [0.05, 0.1) is 10.5 Å². The van der Waals surface area contributed by atoms with E-state index in [4.69, 9.17) is 9.47 Å². The molecule has 0 saturated carbocycles. The third-order valence-corrected chi connectivity index (χ3v) is 4.18. The van der Waals surface area contributed by atoms with Crippen LogP contribution in [0, 0.1) is 0 Å². The molecule has 0 amide bonds. The van der Waals surface area contributed by atoms with E-state index in [0.717, 1.165) is 29.1 Å². The number of methoxy groups -OCH3 is 1. The fraction of sp³-hybridized carbons (Fsp3) is 0.333. The molecule has 0 fully saturated rings. The van der Waals surface area contributed by atoms with E-state index in [9.17, 15) is 0 Å². The molecule has 1 aliphatic rings. The lowest BCUT2D eigenvalue weighted by atomic mass is 10.1. The maximum atomic E-state index is 5.54. The van der Waals surface area contributed by atoms with E-state index in [-0.39, 0.29) is 0 Å². The molecule has 19 heavy (non-hydrogen) atoms. The van der Waals surface area contributed by atoms with E-state index in [1.807, 2.05) is 12.1 Å². The van der Waals surface area contributed by atoms with Gasteiger partial charge in [-0.2, -0.15) is 0 Å². The summed E-state index contributed by atoms with van der Waals surface area (Å²) in [5.74, 6) is 0.864. The van der Waals surface area contributed by atoms with Crippen molar-refractivity contribution in [2.24, 2.45) is 0 Å². The highest BCUT2D eigenvalue weighted by Crippen LogP contribution is 2.26. The summed E-state index contributed by atoms with van der Waals surface area (Å²) in [6.07, 6.45) is 3.24. The predicted octanol–water partition coefficient (Wildman–Crippen LogP) is 3.36. The molecular weight excluding hydrogens is 353 g/mol. The molecule has 0 spiro atoms. The molecule has 1 aromatic carbocycles. The number of halogens is 1. The van der Waals surface area contributed by atoms with Crippen LogP contribution < -0.4 is 10.1 Å². The Balaban J connectivity index is 2.00. The van der Waals surface area contributed by atoms with Crippen LogP contribution in [-0.4, -0.2) is 24.2 Å². The molecular formula is C15H18INO2. The number of allylic oxidation sites excluding steroid dienone is 2. The average Bonchev–Trinajstić information content (AvgIpc) is 2.43. The molecule has 0 aromatic heterocycles. The van der Waals surface area contributed by atoms with Crippen molar-refractivity contribution in [3.05, 3.63) is 48.2 Å². The maximum Gasteiger partial charge on any atom is 0.119 e. The first-order valence-electron chi connectivity index (χ1n) is 6.23. The van der Waals surface area contributed by atoms with Crippen molar-refractivity contribution in [3.63, 3.8) is 0 Å². The summed E-state index contributed by atoms with van der Waals surface area (Å²) in [5.41, 5.74) is 3.35. The van der Waals surface area contributed by atoms with E-state index < -0.39 is 0 Å². The lowest BCUT2D eigenvalue weighted by Crippen LogP contribution is -2.22. The molecule has 0 aliphatic carbocycles. The third-order valence-electron chi connectivity index (χ3n) is 2.92. The Morgan fingerprint density at radius 2 is 2.05 bits per heavy atom. The van der Waals surface area contributed by atoms with Gasteiger partial charge in [-0.15, -0.1) is 0 Å². The number of benzene rings is 1. The smallest absolute Gasteiger partial charge is 0.119 e. The van der Waals surface area contributed by atoms with Gasteiger partial charge in [0.15, 0.2) is 0 Å². The van der Waals surface area contributed by atoms with Crippen LogP contribution >= 0.6 is 22.6 Å². The minimum atomic E-state index is 0.470. The second-order valence-electron chi connectivity index (χ2n) is 4.34. The third kappa shape index (κ3) is 3.98. The van der Waals surface area contributed by atoms with Crippen LogP contribution in [-0.2, 0) is 4.74 Å². The number of hydrogen-bond donors (Lipinski definition) is 1. The molecule has 0 saturated heterocycles. The summed E-state index contributed by atoms with van der Waals surface area (Å²) in [6.45, 7) is 5.22. The SMILES string of the molecule is C=C1NC(c2ccc(OCCOC)cc2)=CCC1I. The first kappa shape index (κ1) is 14.4. The van der Waals surface area contributed by atoms with E-state index in [0.29, 0.717) is 17.1 Å². The van der Waals surface area contributed by atoms with Gasteiger partial charge in [0.2, 0.25) is 0 Å². The Kier molecular flexibility index (Phi) is 5.27. The number of nitrogens with one attached hydrogen (secondary N) is 1. The maximum absolute atomic E-state index is 5.54. The first-order chi connectivity index (χ1) is 9.20. The van der Waals surface area contributed by atoms with Crippen LogP contribution in [0.15, 0.2) is 42.6 Å². The summed E-state index contributed by atoms with van der Waals surface area (Å²) in [5, 5.41) is 3.35. The molecule has 102 valence electrons. The first-order valence-corrected chi connectivity index (χ1v) is 7.47. The second kappa shape index (κ2) is 6.96. The van der Waals surface area contributed by atoms with Gasteiger partial charge in [0, 0.05) is 18.5 Å². The zero-order valence-electron chi connectivity index (χ0n) is 11.0. The molecule has 1 N–H and O–H groups in total. The number of rotatable bonds is 5. The molecule has 0 bridgehead atoms. The topological polar surface area (TPSA) is 30.5 Å². The van der Waals surface area contributed by atoms with Crippen LogP contribution in [0.25, 0.3) is 5.70 Å². The van der Waals surface area contributed by atoms with Crippen molar-refractivity contribution in [3.8, 4) is 5.75 Å². The molecule has 1 heterocycles. The van der Waals surface area contributed by atoms with Gasteiger partial charge in [0.25, 0.3) is 0 Å². The monoisotopic (exact) mass is 371 g/mol. The van der Waals surface area contributed by atoms with Crippen LogP contribution in [0.3, 0.4) is 0 Å². The quantitative estimate of drug-likeness (QED) is 0.489. The van der Waals surface area contributed by atoms with Crippen LogP contribution in [0.5, 0.6) is 5.75 Å². The molecule has 1 atom stereocenters. The standard InChI is InChI=1S/C15H18INO2/c1-11-14(16)7-8-15(17-11)12-3-5-13(6-4-12)19-10-9-18-2/h3-6,8,14,17H,1,7,9-10H2,2H3. The zero-order chi connectivity index (χ0) is 13.7. The van der Waals surface area contributed by atoms with E-state index >= 15 is 0 Å². The van der Waals surface area contributed by atoms with E-state index in [2.05, 4.69) is 52.7 Å². The normalized spacial score (nSPS) is 18.7. The lowest BCUT2D eigenvalue weighted by Gasteiger charge is -2.22. The van der Waals surface area contributed by atoms with Gasteiger partial charge < -0.3 is 14.8 Å².